The Hall–Kier alpha value is -1.11. The van der Waals surface area contributed by atoms with Gasteiger partial charge >= 0.3 is 5.97 Å². The molecule has 1 saturated carbocycles. The first-order valence-corrected chi connectivity index (χ1v) is 8.90. The summed E-state index contributed by atoms with van der Waals surface area (Å²) in [5.41, 5.74) is 6.08. The first-order chi connectivity index (χ1) is 10.1. The van der Waals surface area contributed by atoms with Crippen LogP contribution in [0.15, 0.2) is 28.6 Å². The average Bonchev–Trinajstić information content (AvgIpc) is 3.03. The molecule has 1 fully saturated rings. The van der Waals surface area contributed by atoms with Crippen molar-refractivity contribution in [1.29, 1.82) is 0 Å². The van der Waals surface area contributed by atoms with Gasteiger partial charge in [0.05, 0.1) is 10.2 Å². The van der Waals surface area contributed by atoms with E-state index in [2.05, 4.69) is 11.1 Å². The van der Waals surface area contributed by atoms with Crippen molar-refractivity contribution < 1.29 is 9.90 Å². The lowest BCUT2D eigenvalue weighted by Gasteiger charge is -2.26. The molecule has 1 aromatic heterocycles. The average molecular weight is 322 g/mol. The minimum atomic E-state index is -1.02. The van der Waals surface area contributed by atoms with E-state index in [9.17, 15) is 9.90 Å². The largest absolute Gasteiger partial charge is 0.480 e. The van der Waals surface area contributed by atoms with E-state index in [1.54, 1.807) is 23.1 Å². The van der Waals surface area contributed by atoms with Crippen LogP contribution in [0.1, 0.15) is 25.7 Å². The minimum Gasteiger partial charge on any atom is -0.480 e. The molecule has 0 amide bonds. The minimum absolute atomic E-state index is 0.0804. The zero-order valence-corrected chi connectivity index (χ0v) is 13.3. The first-order valence-electron chi connectivity index (χ1n) is 7.10. The van der Waals surface area contributed by atoms with Crippen LogP contribution in [-0.2, 0) is 4.79 Å². The number of thioether (sulfide) groups is 1. The Balaban J connectivity index is 1.59. The number of carbonyl (C=O) groups is 1. The number of fused-ring (bicyclic) bond motifs is 1. The Morgan fingerprint density at radius 2 is 2.33 bits per heavy atom. The van der Waals surface area contributed by atoms with Crippen molar-refractivity contribution in [2.24, 2.45) is 11.7 Å². The number of nitrogens with zero attached hydrogens (tertiary/aromatic N) is 1. The highest BCUT2D eigenvalue weighted by Gasteiger charge is 2.45. The van der Waals surface area contributed by atoms with Crippen molar-refractivity contribution in [3.05, 3.63) is 24.3 Å². The Morgan fingerprint density at radius 3 is 3.10 bits per heavy atom. The number of para-hydroxylation sites is 1. The molecule has 1 aromatic carbocycles. The van der Waals surface area contributed by atoms with Crippen LogP contribution < -0.4 is 5.73 Å². The number of carboxylic acids is 1. The van der Waals surface area contributed by atoms with Crippen LogP contribution in [0, 0.1) is 5.92 Å². The Morgan fingerprint density at radius 1 is 1.52 bits per heavy atom. The zero-order valence-electron chi connectivity index (χ0n) is 11.6. The van der Waals surface area contributed by atoms with Crippen molar-refractivity contribution in [2.75, 3.05) is 5.75 Å². The molecule has 6 heteroatoms. The van der Waals surface area contributed by atoms with Crippen LogP contribution in [0.5, 0.6) is 0 Å². The molecular formula is C15H18N2O2S2. The van der Waals surface area contributed by atoms with Crippen molar-refractivity contribution in [3.63, 3.8) is 0 Å². The molecule has 0 aliphatic heterocycles. The first kappa shape index (κ1) is 14.8. The van der Waals surface area contributed by atoms with E-state index < -0.39 is 11.5 Å². The van der Waals surface area contributed by atoms with Crippen molar-refractivity contribution in [2.45, 2.75) is 35.6 Å². The van der Waals surface area contributed by atoms with Gasteiger partial charge in [-0.05, 0) is 37.3 Å². The molecule has 112 valence electrons. The van der Waals surface area contributed by atoms with Crippen molar-refractivity contribution in [3.8, 4) is 0 Å². The van der Waals surface area contributed by atoms with Gasteiger partial charge in [0.2, 0.25) is 0 Å². The standard InChI is InChI=1S/C15H18N2O2S2/c16-15(13(18)19)8-3-4-10(15)7-9-20-14-17-11-5-1-2-6-12(11)21-14/h1-2,5-6,10H,3-4,7-9,16H2,(H,18,19). The van der Waals surface area contributed by atoms with E-state index in [0.29, 0.717) is 6.42 Å². The Labute approximate surface area is 131 Å². The molecule has 1 aliphatic rings. The van der Waals surface area contributed by atoms with Crippen LogP contribution in [0.2, 0.25) is 0 Å². The summed E-state index contributed by atoms with van der Waals surface area (Å²) in [6.07, 6.45) is 3.27. The van der Waals surface area contributed by atoms with E-state index in [1.165, 1.54) is 4.70 Å². The Bertz CT molecular complexity index is 625. The fourth-order valence-electron chi connectivity index (χ4n) is 2.99. The van der Waals surface area contributed by atoms with Crippen molar-refractivity contribution in [1.82, 2.24) is 4.98 Å². The zero-order chi connectivity index (χ0) is 14.9. The maximum Gasteiger partial charge on any atom is 0.323 e. The summed E-state index contributed by atoms with van der Waals surface area (Å²) in [4.78, 5) is 15.9. The second kappa shape index (κ2) is 5.94. The molecule has 3 rings (SSSR count). The van der Waals surface area contributed by atoms with Crippen LogP contribution in [-0.4, -0.2) is 27.4 Å². The summed E-state index contributed by atoms with van der Waals surface area (Å²) >= 11 is 3.39. The summed E-state index contributed by atoms with van der Waals surface area (Å²) in [6, 6.07) is 8.10. The number of aromatic nitrogens is 1. The van der Waals surface area contributed by atoms with Gasteiger partial charge in [0.1, 0.15) is 5.54 Å². The van der Waals surface area contributed by atoms with Crippen molar-refractivity contribution >= 4 is 39.3 Å². The number of hydrogen-bond acceptors (Lipinski definition) is 5. The van der Waals surface area contributed by atoms with E-state index in [0.717, 1.165) is 34.9 Å². The van der Waals surface area contributed by atoms with E-state index in [4.69, 9.17) is 5.73 Å². The van der Waals surface area contributed by atoms with Gasteiger partial charge in [-0.2, -0.15) is 0 Å². The summed E-state index contributed by atoms with van der Waals surface area (Å²) in [7, 11) is 0. The van der Waals surface area contributed by atoms with Gasteiger partial charge in [-0.15, -0.1) is 11.3 Å². The van der Waals surface area contributed by atoms with Crippen LogP contribution in [0.25, 0.3) is 10.2 Å². The highest BCUT2D eigenvalue weighted by atomic mass is 32.2. The Kier molecular flexibility index (Phi) is 4.19. The van der Waals surface area contributed by atoms with Gasteiger partial charge in [0, 0.05) is 5.75 Å². The summed E-state index contributed by atoms with van der Waals surface area (Å²) in [6.45, 7) is 0. The second-order valence-electron chi connectivity index (χ2n) is 5.52. The molecule has 0 radical (unpaired) electrons. The predicted molar refractivity (Wildman–Crippen MR) is 86.9 cm³/mol. The van der Waals surface area contributed by atoms with Crippen LogP contribution >= 0.6 is 23.1 Å². The molecule has 0 spiro atoms. The molecular weight excluding hydrogens is 304 g/mol. The van der Waals surface area contributed by atoms with E-state index in [-0.39, 0.29) is 5.92 Å². The maximum atomic E-state index is 11.3. The molecule has 2 unspecified atom stereocenters. The van der Waals surface area contributed by atoms with Gasteiger partial charge in [0.25, 0.3) is 0 Å². The van der Waals surface area contributed by atoms with E-state index in [1.807, 2.05) is 18.2 Å². The third-order valence-electron chi connectivity index (χ3n) is 4.24. The predicted octanol–water partition coefficient (Wildman–Crippen LogP) is 3.36. The summed E-state index contributed by atoms with van der Waals surface area (Å²) < 4.78 is 2.24. The highest BCUT2D eigenvalue weighted by Crippen LogP contribution is 2.38. The molecule has 2 aromatic rings. The van der Waals surface area contributed by atoms with E-state index >= 15 is 0 Å². The topological polar surface area (TPSA) is 76.2 Å². The highest BCUT2D eigenvalue weighted by molar-refractivity contribution is 8.01. The number of benzene rings is 1. The SMILES string of the molecule is NC1(C(=O)O)CCCC1CCSc1nc2ccccc2s1. The molecule has 0 saturated heterocycles. The number of aliphatic carboxylic acids is 1. The van der Waals surface area contributed by atoms with Gasteiger partial charge in [-0.1, -0.05) is 30.3 Å². The molecule has 4 nitrogen and oxygen atoms in total. The molecule has 3 N–H and O–H groups in total. The molecule has 1 heterocycles. The fraction of sp³-hybridized carbons (Fsp3) is 0.467. The smallest absolute Gasteiger partial charge is 0.323 e. The van der Waals surface area contributed by atoms with Gasteiger partial charge in [-0.25, -0.2) is 4.98 Å². The lowest BCUT2D eigenvalue weighted by atomic mass is 9.86. The summed E-state index contributed by atoms with van der Waals surface area (Å²) in [5.74, 6) is 0.100. The third-order valence-corrected chi connectivity index (χ3v) is 6.45. The monoisotopic (exact) mass is 322 g/mol. The quantitative estimate of drug-likeness (QED) is 0.826. The molecule has 1 aliphatic carbocycles. The molecule has 21 heavy (non-hydrogen) atoms. The lowest BCUT2D eigenvalue weighted by molar-refractivity contribution is -0.144. The third kappa shape index (κ3) is 2.93. The van der Waals surface area contributed by atoms with Crippen LogP contribution in [0.3, 0.4) is 0 Å². The van der Waals surface area contributed by atoms with Gasteiger partial charge < -0.3 is 10.8 Å². The number of hydrogen-bond donors (Lipinski definition) is 2. The fourth-order valence-corrected chi connectivity index (χ4v) is 5.18. The normalized spacial score (nSPS) is 25.5. The number of carboxylic acid groups (broad SMARTS) is 1. The maximum absolute atomic E-state index is 11.3. The van der Waals surface area contributed by atoms with Gasteiger partial charge in [-0.3, -0.25) is 4.79 Å². The van der Waals surface area contributed by atoms with Crippen LogP contribution in [0.4, 0.5) is 0 Å². The number of thiazole rings is 1. The molecule has 2 atom stereocenters. The lowest BCUT2D eigenvalue weighted by Crippen LogP contribution is -2.51. The van der Waals surface area contributed by atoms with Gasteiger partial charge in [0.15, 0.2) is 4.34 Å². The summed E-state index contributed by atoms with van der Waals surface area (Å²) in [5, 5.41) is 9.31. The number of rotatable bonds is 5. The number of nitrogens with two attached hydrogens (primary N) is 1. The molecule has 0 bridgehead atoms. The second-order valence-corrected chi connectivity index (χ2v) is 7.89.